The van der Waals surface area contributed by atoms with Crippen LogP contribution in [0.1, 0.15) is 338 Å². The van der Waals surface area contributed by atoms with Crippen LogP contribution in [0.2, 0.25) is 0 Å². The van der Waals surface area contributed by atoms with E-state index in [4.69, 9.17) is 114 Å². The number of aliphatic hydroxyl groups is 10. The molecule has 1 fully saturated rings. The van der Waals surface area contributed by atoms with Gasteiger partial charge in [0, 0.05) is 40.1 Å². The summed E-state index contributed by atoms with van der Waals surface area (Å²) in [5.74, 6) is 1.54. The van der Waals surface area contributed by atoms with E-state index in [-0.39, 0.29) is 126 Å². The molecule has 0 aliphatic heterocycles. The van der Waals surface area contributed by atoms with Crippen molar-refractivity contribution in [2.75, 3.05) is 113 Å². The second kappa shape index (κ2) is 69.1. The highest BCUT2D eigenvalue weighted by atomic mass is 16.5. The maximum absolute atomic E-state index is 8.85. The van der Waals surface area contributed by atoms with E-state index in [2.05, 4.69) is 76.2 Å². The van der Waals surface area contributed by atoms with Crippen molar-refractivity contribution >= 4 is 0 Å². The van der Waals surface area contributed by atoms with Gasteiger partial charge in [-0.25, -0.2) is 0 Å². The Hall–Kier alpha value is -0.920. The molecule has 0 bridgehead atoms. The van der Waals surface area contributed by atoms with Crippen molar-refractivity contribution in [2.24, 2.45) is 17.6 Å². The monoisotopic (exact) mass is 1600 g/mol. The van der Waals surface area contributed by atoms with Crippen molar-refractivity contribution in [3.8, 4) is 0 Å². The quantitative estimate of drug-likeness (QED) is 0.0400. The number of nitrogens with two attached hydrogens (primary N) is 1. The number of ether oxygens (including phenoxy) is 12. The lowest BCUT2D eigenvalue weighted by atomic mass is 10.1. The molecule has 4 atom stereocenters. The fourth-order valence-electron chi connectivity index (χ4n) is 5.06. The van der Waals surface area contributed by atoms with Gasteiger partial charge >= 0.3 is 0 Å². The molecule has 0 amide bonds. The fraction of sp³-hybridized carbons (Fsp3) is 1.00. The standard InChI is InChI=1S/C8H18O2.C8H16O.C8H18O.2C7H16O3.3C7H16O2.C6H15NO.C6H14O2.C6H14O.C5H12O.C4H10O/c1-7(2,3)10-8(4,5)6-9;1-8(2,3)9-6-7-4-5-7;1-7(2)6-9-8(3,4)5;2*1-7(2,3)10-5-6(9)4-8;2*1-6(8)5-9-7(2,3)4;1-7(2,3)9-6-4-5-8;2*1-6(2,3)8-5-4-7;1-5-7-6(2,3)4;1-5(2,3)6-4;1-4(2,3)5/h9H,6H2,1-5H3;7H,4-6H2,1-3H3;7H,6H2,1-5H3;2*6,8-9H,4-5H2,1-3H3;2*6,8H,5H2,1-4H3;8H,4-6H2,1-3H3;4-5,7H2,1-3H3;7H,4-5H2,1-3H3;5H2,1-4H3;1-4H3;5H,1-3H3/t;;;4*6-;;;;;;/m...1010....../s1. The van der Waals surface area contributed by atoms with Gasteiger partial charge in [0.05, 0.1) is 163 Å². The normalized spacial score (nSPS) is 14.1. The largest absolute Gasteiger partial charge is 0.396 e. The zero-order chi connectivity index (χ0) is 90.4. The Labute approximate surface area is 675 Å². The summed E-state index contributed by atoms with van der Waals surface area (Å²) in [5, 5.41) is 86.1. The zero-order valence-corrected chi connectivity index (χ0v) is 80.8. The van der Waals surface area contributed by atoms with Crippen molar-refractivity contribution in [3.63, 3.8) is 0 Å². The van der Waals surface area contributed by atoms with Gasteiger partial charge in [0.25, 0.3) is 0 Å². The summed E-state index contributed by atoms with van der Waals surface area (Å²) in [5.41, 5.74) is 3.38. The van der Waals surface area contributed by atoms with E-state index in [0.29, 0.717) is 45.5 Å². The molecule has 12 N–H and O–H groups in total. The van der Waals surface area contributed by atoms with Crippen LogP contribution in [0, 0.1) is 11.8 Å². The van der Waals surface area contributed by atoms with Gasteiger partial charge in [0.15, 0.2) is 0 Å². The van der Waals surface area contributed by atoms with Gasteiger partial charge < -0.3 is 114 Å². The van der Waals surface area contributed by atoms with Crippen LogP contribution in [0.15, 0.2) is 0 Å². The van der Waals surface area contributed by atoms with Gasteiger partial charge in [-0.2, -0.15) is 0 Å². The Bertz CT molecular complexity index is 1700. The Balaban J connectivity index is -0.0000000938. The summed E-state index contributed by atoms with van der Waals surface area (Å²) in [4.78, 5) is 0. The Morgan fingerprint density at radius 1 is 0.339 bits per heavy atom. The maximum atomic E-state index is 8.85. The van der Waals surface area contributed by atoms with Crippen LogP contribution in [0.3, 0.4) is 0 Å². The highest BCUT2D eigenvalue weighted by Crippen LogP contribution is 2.30. The first-order chi connectivity index (χ1) is 47.8. The number of aliphatic hydroxyl groups excluding tert-OH is 9. The van der Waals surface area contributed by atoms with Crippen molar-refractivity contribution < 1.29 is 108 Å². The average Bonchev–Trinajstić information content (AvgIpc) is 1.86. The molecule has 0 heterocycles. The molecule has 0 aromatic heterocycles. The number of rotatable bonds is 24. The van der Waals surface area contributed by atoms with E-state index in [1.807, 2.05) is 208 Å². The molecule has 23 nitrogen and oxygen atoms in total. The van der Waals surface area contributed by atoms with E-state index >= 15 is 0 Å². The predicted molar refractivity (Wildman–Crippen MR) is 458 cm³/mol. The minimum absolute atomic E-state index is 0.0284. The molecule has 1 aliphatic carbocycles. The van der Waals surface area contributed by atoms with Crippen molar-refractivity contribution in [3.05, 3.63) is 0 Å². The van der Waals surface area contributed by atoms with Gasteiger partial charge in [0.2, 0.25) is 0 Å². The zero-order valence-electron chi connectivity index (χ0n) is 80.8. The molecule has 0 unspecified atom stereocenters. The Morgan fingerprint density at radius 2 is 0.596 bits per heavy atom. The van der Waals surface area contributed by atoms with Crippen LogP contribution in [0.5, 0.6) is 0 Å². The summed E-state index contributed by atoms with van der Waals surface area (Å²) >= 11 is 0. The summed E-state index contributed by atoms with van der Waals surface area (Å²) in [6.07, 6.45) is 1.29. The van der Waals surface area contributed by atoms with Gasteiger partial charge in [-0.15, -0.1) is 0 Å². The number of hydrogen-bond donors (Lipinski definition) is 11. The molecule has 0 radical (unpaired) electrons. The maximum Gasteiger partial charge on any atom is 0.100 e. The molecular formula is C86H197NO22. The van der Waals surface area contributed by atoms with Crippen LogP contribution >= 0.6 is 0 Å². The molecule has 109 heavy (non-hydrogen) atoms. The lowest BCUT2D eigenvalue weighted by Crippen LogP contribution is -2.37. The first kappa shape index (κ1) is 134. The minimum Gasteiger partial charge on any atom is -0.396 e. The van der Waals surface area contributed by atoms with E-state index in [9.17, 15) is 0 Å². The molecule has 0 saturated heterocycles. The summed E-state index contributed by atoms with van der Waals surface area (Å²) in [7, 11) is 1.71. The first-order valence-corrected chi connectivity index (χ1v) is 39.6. The Kier molecular flexibility index (Phi) is 85.1. The molecule has 0 spiro atoms. The van der Waals surface area contributed by atoms with Crippen molar-refractivity contribution in [2.45, 2.75) is 441 Å². The second-order valence-electron chi connectivity index (χ2n) is 40.4. The van der Waals surface area contributed by atoms with Gasteiger partial charge in [-0.1, -0.05) is 13.8 Å². The third-order valence-electron chi connectivity index (χ3n) is 9.92. The summed E-state index contributed by atoms with van der Waals surface area (Å²) < 4.78 is 63.3. The molecule has 0 aromatic carbocycles. The van der Waals surface area contributed by atoms with Crippen molar-refractivity contribution in [1.82, 2.24) is 0 Å². The highest BCUT2D eigenvalue weighted by molar-refractivity contribution is 4.75. The number of methoxy groups -OCH3 is 1. The van der Waals surface area contributed by atoms with Crippen LogP contribution in [0.25, 0.3) is 0 Å². The van der Waals surface area contributed by atoms with Crippen LogP contribution in [-0.2, 0) is 56.8 Å². The second-order valence-corrected chi connectivity index (χ2v) is 40.4. The number of hydrogen-bond acceptors (Lipinski definition) is 23. The molecule has 23 heteroatoms. The fourth-order valence-corrected chi connectivity index (χ4v) is 5.06. The third-order valence-corrected chi connectivity index (χ3v) is 9.92. The molecule has 1 rings (SSSR count). The van der Waals surface area contributed by atoms with E-state index in [1.54, 1.807) is 41.7 Å². The molecule has 1 saturated carbocycles. The Morgan fingerprint density at radius 3 is 0.725 bits per heavy atom. The van der Waals surface area contributed by atoms with Gasteiger partial charge in [0.1, 0.15) is 12.2 Å². The summed E-state index contributed by atoms with van der Waals surface area (Å²) in [6, 6.07) is 0. The average molecular weight is 1600 g/mol. The van der Waals surface area contributed by atoms with Gasteiger partial charge in [-0.05, 0) is 336 Å². The topological polar surface area (TPSA) is 339 Å². The van der Waals surface area contributed by atoms with Crippen LogP contribution in [0.4, 0.5) is 0 Å². The van der Waals surface area contributed by atoms with E-state index in [0.717, 1.165) is 32.2 Å². The van der Waals surface area contributed by atoms with Crippen molar-refractivity contribution in [1.29, 1.82) is 0 Å². The molecule has 678 valence electrons. The van der Waals surface area contributed by atoms with Crippen LogP contribution < -0.4 is 5.73 Å². The van der Waals surface area contributed by atoms with E-state index in [1.165, 1.54) is 12.8 Å². The lowest BCUT2D eigenvalue weighted by Gasteiger charge is -2.32. The SMILES string of the molecule is CC(C)(C)O.CC(C)(C)OC(C)(C)CO.CC(C)(C)OCC1CC1.CC(C)(C)OCCCO.CC(C)(C)OCCN.CC(C)(C)OCCO.CC(C)(C)OC[C@@H](O)CO.CC(C)(C)OC[C@H](O)CO.CC(C)COC(C)(C)C.CCOC(C)(C)C.COC(C)(C)C.C[C@@H](O)COC(C)(C)C.C[C@H](O)COC(C)(C)C. The molecule has 0 aromatic rings. The third kappa shape index (κ3) is 215. The summed E-state index contributed by atoms with van der Waals surface area (Å²) in [6.45, 7) is 96.7. The molecule has 1 aliphatic rings. The lowest BCUT2D eigenvalue weighted by molar-refractivity contribution is -0.132. The van der Waals surface area contributed by atoms with E-state index < -0.39 is 23.4 Å². The first-order valence-electron chi connectivity index (χ1n) is 39.6. The minimum atomic E-state index is -0.751. The predicted octanol–water partition coefficient (Wildman–Crippen LogP) is 15.7. The highest BCUT2D eigenvalue weighted by Gasteiger charge is 2.26. The van der Waals surface area contributed by atoms with Crippen LogP contribution in [-0.4, -0.2) is 267 Å². The van der Waals surface area contributed by atoms with Gasteiger partial charge in [-0.3, -0.25) is 0 Å². The smallest absolute Gasteiger partial charge is 0.100 e. The molecular weight excluding hydrogens is 1400 g/mol.